The van der Waals surface area contributed by atoms with Crippen LogP contribution in [0, 0.1) is 0 Å². The van der Waals surface area contributed by atoms with Gasteiger partial charge in [-0.1, -0.05) is 18.2 Å². The van der Waals surface area contributed by atoms with Gasteiger partial charge in [-0.15, -0.1) is 0 Å². The second kappa shape index (κ2) is 4.72. The highest BCUT2D eigenvalue weighted by Gasteiger charge is 2.44. The summed E-state index contributed by atoms with van der Waals surface area (Å²) in [6, 6.07) is 8.16. The fourth-order valence-corrected chi connectivity index (χ4v) is 3.17. The van der Waals surface area contributed by atoms with Crippen molar-refractivity contribution >= 4 is 0 Å². The molecule has 0 radical (unpaired) electrons. The number of hydrogen-bond donors (Lipinski definition) is 2. The predicted octanol–water partition coefficient (Wildman–Crippen LogP) is 2.03. The number of ether oxygens (including phenoxy) is 2. The quantitative estimate of drug-likeness (QED) is 0.887. The van der Waals surface area contributed by atoms with E-state index in [4.69, 9.17) is 9.47 Å². The van der Waals surface area contributed by atoms with E-state index in [0.29, 0.717) is 19.6 Å². The molecule has 2 N–H and O–H groups in total. The number of hydrogen-bond acceptors (Lipinski definition) is 4. The lowest BCUT2D eigenvalue weighted by Gasteiger charge is -2.32. The number of fused-ring (bicyclic) bond motifs is 1. The van der Waals surface area contributed by atoms with Gasteiger partial charge in [0.15, 0.2) is 0 Å². The molecule has 2 heterocycles. The van der Waals surface area contributed by atoms with Gasteiger partial charge in [0.25, 0.3) is 0 Å². The van der Waals surface area contributed by atoms with Crippen molar-refractivity contribution in [3.63, 3.8) is 0 Å². The van der Waals surface area contributed by atoms with Gasteiger partial charge in [0.2, 0.25) is 0 Å². The molecule has 110 valence electrons. The maximum atomic E-state index is 10.6. The normalized spacial score (nSPS) is 34.8. The largest absolute Gasteiger partial charge is 0.486 e. The van der Waals surface area contributed by atoms with E-state index in [-0.39, 0.29) is 17.7 Å². The fourth-order valence-electron chi connectivity index (χ4n) is 3.17. The highest BCUT2D eigenvalue weighted by atomic mass is 16.5. The van der Waals surface area contributed by atoms with E-state index < -0.39 is 5.60 Å². The Balaban J connectivity index is 1.77. The molecule has 0 saturated carbocycles. The Hall–Kier alpha value is -1.10. The zero-order valence-electron chi connectivity index (χ0n) is 12.3. The number of para-hydroxylation sites is 1. The second-order valence-corrected chi connectivity index (χ2v) is 6.42. The van der Waals surface area contributed by atoms with Crippen LogP contribution in [0.25, 0.3) is 0 Å². The molecule has 3 unspecified atom stereocenters. The van der Waals surface area contributed by atoms with Crippen LogP contribution in [0.5, 0.6) is 5.75 Å². The van der Waals surface area contributed by atoms with Crippen molar-refractivity contribution in [3.05, 3.63) is 29.8 Å². The Morgan fingerprint density at radius 3 is 2.80 bits per heavy atom. The first-order chi connectivity index (χ1) is 9.42. The van der Waals surface area contributed by atoms with Gasteiger partial charge in [0.05, 0.1) is 12.1 Å². The minimum atomic E-state index is -0.784. The lowest BCUT2D eigenvalue weighted by Crippen LogP contribution is -2.50. The molecular formula is C16H23NO3. The van der Waals surface area contributed by atoms with Crippen molar-refractivity contribution in [3.8, 4) is 5.75 Å². The summed E-state index contributed by atoms with van der Waals surface area (Å²) in [7, 11) is 0. The number of nitrogens with one attached hydrogen (secondary N) is 1. The second-order valence-electron chi connectivity index (χ2n) is 6.42. The van der Waals surface area contributed by atoms with Crippen molar-refractivity contribution in [2.24, 2.45) is 0 Å². The molecule has 4 nitrogen and oxygen atoms in total. The van der Waals surface area contributed by atoms with E-state index in [1.807, 2.05) is 25.1 Å². The van der Waals surface area contributed by atoms with Crippen LogP contribution in [0.3, 0.4) is 0 Å². The van der Waals surface area contributed by atoms with Gasteiger partial charge in [-0.3, -0.25) is 0 Å². The average Bonchev–Trinajstić information content (AvgIpc) is 2.84. The van der Waals surface area contributed by atoms with Crippen LogP contribution in [-0.4, -0.2) is 35.6 Å². The number of benzene rings is 1. The summed E-state index contributed by atoms with van der Waals surface area (Å²) in [4.78, 5) is 0. The van der Waals surface area contributed by atoms with Gasteiger partial charge in [-0.2, -0.15) is 0 Å². The first-order valence-corrected chi connectivity index (χ1v) is 7.28. The standard InChI is InChI=1S/C16H23NO3/c1-11-16(18,8-9-19-11)10-17-14-12-6-4-5-7-13(12)20-15(14,2)3/h4-7,11,14,17-18H,8-10H2,1-3H3. The molecule has 1 aromatic carbocycles. The fraction of sp³-hybridized carbons (Fsp3) is 0.625. The summed E-state index contributed by atoms with van der Waals surface area (Å²) >= 11 is 0. The van der Waals surface area contributed by atoms with Gasteiger partial charge >= 0.3 is 0 Å². The zero-order valence-corrected chi connectivity index (χ0v) is 12.3. The first-order valence-electron chi connectivity index (χ1n) is 7.28. The van der Waals surface area contributed by atoms with Gasteiger partial charge in [0, 0.05) is 25.1 Å². The monoisotopic (exact) mass is 277 g/mol. The Labute approximate surface area is 120 Å². The third-order valence-electron chi connectivity index (χ3n) is 4.57. The van der Waals surface area contributed by atoms with Crippen LogP contribution in [0.15, 0.2) is 24.3 Å². The molecule has 3 atom stereocenters. The zero-order chi connectivity index (χ0) is 14.4. The van der Waals surface area contributed by atoms with E-state index in [2.05, 4.69) is 25.2 Å². The van der Waals surface area contributed by atoms with Crippen LogP contribution < -0.4 is 10.1 Å². The smallest absolute Gasteiger partial charge is 0.125 e. The molecule has 1 aromatic rings. The molecule has 4 heteroatoms. The van der Waals surface area contributed by atoms with Crippen molar-refractivity contribution in [2.75, 3.05) is 13.2 Å². The summed E-state index contributed by atoms with van der Waals surface area (Å²) in [6.07, 6.45) is 0.548. The van der Waals surface area contributed by atoms with Crippen LogP contribution in [0.1, 0.15) is 38.8 Å². The molecular weight excluding hydrogens is 254 g/mol. The summed E-state index contributed by atoms with van der Waals surface area (Å²) < 4.78 is 11.5. The summed E-state index contributed by atoms with van der Waals surface area (Å²) in [5.41, 5.74) is 0.0590. The molecule has 0 aromatic heterocycles. The van der Waals surface area contributed by atoms with E-state index >= 15 is 0 Å². The van der Waals surface area contributed by atoms with E-state index in [1.54, 1.807) is 0 Å². The molecule has 2 aliphatic heterocycles. The Morgan fingerprint density at radius 2 is 2.10 bits per heavy atom. The van der Waals surface area contributed by atoms with Crippen LogP contribution in [0.4, 0.5) is 0 Å². The van der Waals surface area contributed by atoms with Crippen molar-refractivity contribution in [1.82, 2.24) is 5.32 Å². The van der Waals surface area contributed by atoms with Crippen LogP contribution in [-0.2, 0) is 4.74 Å². The number of rotatable bonds is 3. The van der Waals surface area contributed by atoms with Crippen LogP contribution in [0.2, 0.25) is 0 Å². The molecule has 0 spiro atoms. The maximum absolute atomic E-state index is 10.6. The predicted molar refractivity (Wildman–Crippen MR) is 76.9 cm³/mol. The molecule has 2 aliphatic rings. The summed E-state index contributed by atoms with van der Waals surface area (Å²) in [5.74, 6) is 0.928. The lowest BCUT2D eigenvalue weighted by molar-refractivity contribution is -0.0317. The van der Waals surface area contributed by atoms with Crippen molar-refractivity contribution in [1.29, 1.82) is 0 Å². The van der Waals surface area contributed by atoms with Gasteiger partial charge in [0.1, 0.15) is 17.0 Å². The third-order valence-corrected chi connectivity index (χ3v) is 4.57. The molecule has 3 rings (SSSR count). The van der Waals surface area contributed by atoms with E-state index in [0.717, 1.165) is 11.3 Å². The molecule has 0 amide bonds. The lowest BCUT2D eigenvalue weighted by atomic mass is 9.91. The molecule has 0 aliphatic carbocycles. The van der Waals surface area contributed by atoms with Gasteiger partial charge in [-0.25, -0.2) is 0 Å². The first kappa shape index (κ1) is 13.9. The summed E-state index contributed by atoms with van der Waals surface area (Å²) in [6.45, 7) is 7.21. The summed E-state index contributed by atoms with van der Waals surface area (Å²) in [5, 5.41) is 14.1. The maximum Gasteiger partial charge on any atom is 0.125 e. The minimum absolute atomic E-state index is 0.0792. The average molecular weight is 277 g/mol. The Bertz CT molecular complexity index is 502. The Kier molecular flexibility index (Phi) is 3.27. The van der Waals surface area contributed by atoms with E-state index in [9.17, 15) is 5.11 Å². The topological polar surface area (TPSA) is 50.7 Å². The van der Waals surface area contributed by atoms with Crippen molar-refractivity contribution in [2.45, 2.75) is 50.5 Å². The highest BCUT2D eigenvalue weighted by molar-refractivity contribution is 5.42. The Morgan fingerprint density at radius 1 is 1.35 bits per heavy atom. The molecule has 20 heavy (non-hydrogen) atoms. The molecule has 0 bridgehead atoms. The molecule has 1 saturated heterocycles. The SMILES string of the molecule is CC1OCCC1(O)CNC1c2ccccc2OC1(C)C. The van der Waals surface area contributed by atoms with Crippen molar-refractivity contribution < 1.29 is 14.6 Å². The highest BCUT2D eigenvalue weighted by Crippen LogP contribution is 2.43. The van der Waals surface area contributed by atoms with Gasteiger partial charge in [-0.05, 0) is 26.8 Å². The van der Waals surface area contributed by atoms with Crippen LogP contribution >= 0.6 is 0 Å². The van der Waals surface area contributed by atoms with Gasteiger partial charge < -0.3 is 19.9 Å². The van der Waals surface area contributed by atoms with E-state index in [1.165, 1.54) is 0 Å². The number of aliphatic hydroxyl groups is 1. The molecule has 1 fully saturated rings. The minimum Gasteiger partial charge on any atom is -0.486 e. The third kappa shape index (κ3) is 2.22.